The molecule has 1 aromatic heterocycles. The van der Waals surface area contributed by atoms with Gasteiger partial charge in [-0.2, -0.15) is 5.10 Å². The first kappa shape index (κ1) is 11.6. The summed E-state index contributed by atoms with van der Waals surface area (Å²) in [5.74, 6) is 0.728. The fourth-order valence-electron chi connectivity index (χ4n) is 2.25. The number of nitrogens with one attached hydrogen (secondary N) is 1. The van der Waals surface area contributed by atoms with Crippen molar-refractivity contribution in [2.45, 2.75) is 18.9 Å². The van der Waals surface area contributed by atoms with Gasteiger partial charge in [0.15, 0.2) is 0 Å². The molecule has 1 aromatic carbocycles. The van der Waals surface area contributed by atoms with Gasteiger partial charge in [-0.3, -0.25) is 4.68 Å². The van der Waals surface area contributed by atoms with E-state index in [0.29, 0.717) is 6.04 Å². The minimum absolute atomic E-state index is 0.367. The van der Waals surface area contributed by atoms with Crippen LogP contribution < -0.4 is 5.32 Å². The summed E-state index contributed by atoms with van der Waals surface area (Å²) in [5.41, 5.74) is 2.37. The lowest BCUT2D eigenvalue weighted by atomic mass is 10.0. The van der Waals surface area contributed by atoms with E-state index >= 15 is 0 Å². The van der Waals surface area contributed by atoms with Crippen molar-refractivity contribution in [1.82, 2.24) is 9.78 Å². The molecule has 0 bridgehead atoms. The lowest BCUT2D eigenvalue weighted by Gasteiger charge is -2.19. The Hall–Kier alpha value is -1.48. The van der Waals surface area contributed by atoms with E-state index in [4.69, 9.17) is 11.6 Å². The van der Waals surface area contributed by atoms with Gasteiger partial charge < -0.3 is 5.32 Å². The fraction of sp³-hybridized carbons (Fsp3) is 0.357. The molecule has 94 valence electrons. The first-order valence-electron chi connectivity index (χ1n) is 6.23. The van der Waals surface area contributed by atoms with Crippen LogP contribution in [0.5, 0.6) is 0 Å². The van der Waals surface area contributed by atoms with Crippen molar-refractivity contribution < 1.29 is 0 Å². The summed E-state index contributed by atoms with van der Waals surface area (Å²) in [6.07, 6.45) is 6.46. The average Bonchev–Trinajstić information content (AvgIpc) is 3.12. The van der Waals surface area contributed by atoms with Crippen LogP contribution in [-0.4, -0.2) is 9.78 Å². The van der Waals surface area contributed by atoms with Crippen LogP contribution in [-0.2, 0) is 7.05 Å². The van der Waals surface area contributed by atoms with Crippen LogP contribution in [0.15, 0.2) is 36.7 Å². The number of hydrogen-bond acceptors (Lipinski definition) is 2. The summed E-state index contributed by atoms with van der Waals surface area (Å²) in [4.78, 5) is 0. The van der Waals surface area contributed by atoms with Crippen LogP contribution in [0.1, 0.15) is 24.4 Å². The monoisotopic (exact) mass is 261 g/mol. The Labute approximate surface area is 112 Å². The topological polar surface area (TPSA) is 29.9 Å². The van der Waals surface area contributed by atoms with Gasteiger partial charge in [0, 0.05) is 18.3 Å². The highest BCUT2D eigenvalue weighted by Crippen LogP contribution is 2.42. The zero-order valence-electron chi connectivity index (χ0n) is 10.3. The lowest BCUT2D eigenvalue weighted by molar-refractivity contribution is 0.679. The Kier molecular flexibility index (Phi) is 3.00. The van der Waals surface area contributed by atoms with Crippen molar-refractivity contribution in [2.75, 3.05) is 5.32 Å². The molecule has 1 heterocycles. The highest BCUT2D eigenvalue weighted by Gasteiger charge is 2.32. The van der Waals surface area contributed by atoms with Gasteiger partial charge in [0.2, 0.25) is 0 Å². The second-order valence-corrected chi connectivity index (χ2v) is 5.35. The highest BCUT2D eigenvalue weighted by molar-refractivity contribution is 6.30. The van der Waals surface area contributed by atoms with Crippen LogP contribution in [0.2, 0.25) is 5.02 Å². The van der Waals surface area contributed by atoms with Crippen LogP contribution in [0.25, 0.3) is 0 Å². The van der Waals surface area contributed by atoms with Gasteiger partial charge in [0.05, 0.1) is 17.9 Å². The molecule has 4 heteroatoms. The Morgan fingerprint density at radius 2 is 2.06 bits per heavy atom. The van der Waals surface area contributed by atoms with E-state index in [1.807, 2.05) is 36.3 Å². The largest absolute Gasteiger partial charge is 0.375 e. The van der Waals surface area contributed by atoms with E-state index in [2.05, 4.69) is 22.5 Å². The first-order valence-corrected chi connectivity index (χ1v) is 6.61. The summed E-state index contributed by atoms with van der Waals surface area (Å²) >= 11 is 5.94. The molecule has 1 aliphatic rings. The van der Waals surface area contributed by atoms with E-state index in [-0.39, 0.29) is 0 Å². The SMILES string of the molecule is Cn1cc(NC(c2ccc(Cl)cc2)C2CC2)cn1. The summed E-state index contributed by atoms with van der Waals surface area (Å²) in [5, 5.41) is 8.55. The molecule has 1 saturated carbocycles. The molecule has 0 saturated heterocycles. The number of nitrogens with zero attached hydrogens (tertiary/aromatic N) is 2. The van der Waals surface area contributed by atoms with Gasteiger partial charge in [-0.05, 0) is 36.5 Å². The first-order chi connectivity index (χ1) is 8.72. The van der Waals surface area contributed by atoms with Gasteiger partial charge in [-0.25, -0.2) is 0 Å². The summed E-state index contributed by atoms with van der Waals surface area (Å²) in [7, 11) is 1.93. The van der Waals surface area contributed by atoms with Crippen molar-refractivity contribution in [3.63, 3.8) is 0 Å². The maximum atomic E-state index is 5.94. The van der Waals surface area contributed by atoms with Crippen molar-refractivity contribution >= 4 is 17.3 Å². The standard InChI is InChI=1S/C14H16ClN3/c1-18-9-13(8-16-18)17-14(10-2-3-10)11-4-6-12(15)7-5-11/h4-10,14,17H,2-3H2,1H3. The number of halogens is 1. The second-order valence-electron chi connectivity index (χ2n) is 4.91. The van der Waals surface area contributed by atoms with E-state index in [1.165, 1.54) is 18.4 Å². The molecule has 1 fully saturated rings. The molecule has 1 aliphatic carbocycles. The van der Waals surface area contributed by atoms with E-state index in [1.54, 1.807) is 0 Å². The fourth-order valence-corrected chi connectivity index (χ4v) is 2.37. The Morgan fingerprint density at radius 1 is 1.33 bits per heavy atom. The molecule has 3 rings (SSSR count). The highest BCUT2D eigenvalue weighted by atomic mass is 35.5. The summed E-state index contributed by atoms with van der Waals surface area (Å²) in [6, 6.07) is 8.49. The molecule has 18 heavy (non-hydrogen) atoms. The number of anilines is 1. The molecule has 0 spiro atoms. The molecule has 0 amide bonds. The zero-order chi connectivity index (χ0) is 12.5. The summed E-state index contributed by atoms with van der Waals surface area (Å²) < 4.78 is 1.81. The molecule has 2 aromatic rings. The normalized spacial score (nSPS) is 16.6. The third kappa shape index (κ3) is 2.51. The number of benzene rings is 1. The van der Waals surface area contributed by atoms with E-state index in [0.717, 1.165) is 16.6 Å². The van der Waals surface area contributed by atoms with E-state index < -0.39 is 0 Å². The molecular weight excluding hydrogens is 246 g/mol. The molecule has 3 nitrogen and oxygen atoms in total. The van der Waals surface area contributed by atoms with Crippen LogP contribution in [0.3, 0.4) is 0 Å². The third-order valence-electron chi connectivity index (χ3n) is 3.35. The number of aryl methyl sites for hydroxylation is 1. The molecular formula is C14H16ClN3. The van der Waals surface area contributed by atoms with Crippen LogP contribution >= 0.6 is 11.6 Å². The second kappa shape index (κ2) is 4.65. The van der Waals surface area contributed by atoms with Crippen molar-refractivity contribution in [2.24, 2.45) is 13.0 Å². The van der Waals surface area contributed by atoms with Gasteiger partial charge in [-0.15, -0.1) is 0 Å². The minimum Gasteiger partial charge on any atom is -0.375 e. The lowest BCUT2D eigenvalue weighted by Crippen LogP contribution is -2.12. The average molecular weight is 262 g/mol. The quantitative estimate of drug-likeness (QED) is 0.911. The predicted molar refractivity (Wildman–Crippen MR) is 73.7 cm³/mol. The maximum Gasteiger partial charge on any atom is 0.0731 e. The molecule has 1 atom stereocenters. The van der Waals surface area contributed by atoms with Gasteiger partial charge in [0.25, 0.3) is 0 Å². The van der Waals surface area contributed by atoms with Gasteiger partial charge in [-0.1, -0.05) is 23.7 Å². The third-order valence-corrected chi connectivity index (χ3v) is 3.60. The molecule has 1 unspecified atom stereocenters. The smallest absolute Gasteiger partial charge is 0.0731 e. The minimum atomic E-state index is 0.367. The van der Waals surface area contributed by atoms with E-state index in [9.17, 15) is 0 Å². The summed E-state index contributed by atoms with van der Waals surface area (Å²) in [6.45, 7) is 0. The zero-order valence-corrected chi connectivity index (χ0v) is 11.1. The van der Waals surface area contributed by atoms with Crippen LogP contribution in [0, 0.1) is 5.92 Å². The van der Waals surface area contributed by atoms with Crippen molar-refractivity contribution in [3.8, 4) is 0 Å². The van der Waals surface area contributed by atoms with Gasteiger partial charge in [0.1, 0.15) is 0 Å². The van der Waals surface area contributed by atoms with Crippen molar-refractivity contribution in [3.05, 3.63) is 47.2 Å². The van der Waals surface area contributed by atoms with Crippen molar-refractivity contribution in [1.29, 1.82) is 0 Å². The Balaban J connectivity index is 1.82. The molecule has 0 radical (unpaired) electrons. The Bertz CT molecular complexity index is 528. The maximum absolute atomic E-state index is 5.94. The Morgan fingerprint density at radius 3 is 2.61 bits per heavy atom. The molecule has 0 aliphatic heterocycles. The number of rotatable bonds is 4. The van der Waals surface area contributed by atoms with Crippen LogP contribution in [0.4, 0.5) is 5.69 Å². The number of aromatic nitrogens is 2. The number of hydrogen-bond donors (Lipinski definition) is 1. The molecule has 1 N–H and O–H groups in total. The van der Waals surface area contributed by atoms with Gasteiger partial charge >= 0.3 is 0 Å². The predicted octanol–water partition coefficient (Wildman–Crippen LogP) is 3.64.